The van der Waals surface area contributed by atoms with E-state index in [1.54, 1.807) is 105 Å². The van der Waals surface area contributed by atoms with E-state index in [1.165, 1.54) is 11.1 Å². The second-order valence-electron chi connectivity index (χ2n) is 16.1. The minimum absolute atomic E-state index is 0. The van der Waals surface area contributed by atoms with Gasteiger partial charge in [-0.05, 0) is 41.5 Å². The Labute approximate surface area is 586 Å². The number of carboxylic acids is 1. The topological polar surface area (TPSA) is 318 Å². The second kappa shape index (κ2) is 55.4. The van der Waals surface area contributed by atoms with E-state index in [2.05, 4.69) is 63.0 Å². The van der Waals surface area contributed by atoms with Gasteiger partial charge in [-0.2, -0.15) is 101 Å². The summed E-state index contributed by atoms with van der Waals surface area (Å²) in [5.74, 6) is -1.20. The fourth-order valence-corrected chi connectivity index (χ4v) is 5.63. The number of aliphatic hydroxyl groups excluding tert-OH is 1. The second-order valence-corrected chi connectivity index (χ2v) is 16.4. The molecule has 1 heterocycles. The molecule has 3 radical (unpaired) electrons. The van der Waals surface area contributed by atoms with Crippen molar-refractivity contribution in [2.24, 2.45) is 10.8 Å². The molecule has 0 saturated carbocycles. The zero-order valence-corrected chi connectivity index (χ0v) is 57.8. The molecule has 86 heavy (non-hydrogen) atoms. The fourth-order valence-electron chi connectivity index (χ4n) is 5.63. The summed E-state index contributed by atoms with van der Waals surface area (Å²) in [6.07, 6.45) is 3.10. The van der Waals surface area contributed by atoms with Crippen LogP contribution in [-0.2, 0) is 115 Å². The van der Waals surface area contributed by atoms with E-state index in [1.807, 2.05) is 93.6 Å². The maximum absolute atomic E-state index is 11.8. The number of Topliss-reactive ketones (excluding diaryl/α,β-unsaturated/α-hetero) is 4. The maximum Gasteiger partial charge on any atom is 0 e. The molecule has 18 nitrogen and oxygen atoms in total. The van der Waals surface area contributed by atoms with Crippen LogP contribution < -0.4 is 17.3 Å². The van der Waals surface area contributed by atoms with Crippen LogP contribution in [0.5, 0.6) is 0 Å². The first kappa shape index (κ1) is 91.0. The SMILES string of the molecule is C.C.CC(=O)O.CC(=O)c1ccc(C)cc1.CCO.Cc1ccc(-c2cnnc(-c3cc[c-]cc3)n2)cc1.Cc1ccc(C(=O)/C=N/NC(=O)c2cc[c-]cc2)cc1.Cc1ccc(C(=O)C=O)cc1.N.NCC(=O)c1cc[c-]cc1.O=[Se]=O.[Y].[Y].[Y]. The molecule has 22 heteroatoms. The molecule has 0 atom stereocenters. The molecule has 0 spiro atoms. The number of nitrogens with two attached hydrogens (primary N) is 1. The van der Waals surface area contributed by atoms with E-state index in [0.717, 1.165) is 46.6 Å². The van der Waals surface area contributed by atoms with Gasteiger partial charge in [0, 0.05) is 134 Å². The van der Waals surface area contributed by atoms with Crippen LogP contribution in [-0.4, -0.2) is 101 Å². The van der Waals surface area contributed by atoms with Crippen molar-refractivity contribution < 1.29 is 150 Å². The number of aldehydes is 1. The first-order valence-corrected chi connectivity index (χ1v) is 25.4. The molecule has 447 valence electrons. The summed E-state index contributed by atoms with van der Waals surface area (Å²) in [5.41, 5.74) is 17.7. The number of hydrogen-bond acceptors (Lipinski definition) is 16. The number of nitrogens with one attached hydrogen (secondary N) is 1. The van der Waals surface area contributed by atoms with Crippen LogP contribution in [0.4, 0.5) is 0 Å². The van der Waals surface area contributed by atoms with E-state index in [9.17, 15) is 28.8 Å². The van der Waals surface area contributed by atoms with Crippen LogP contribution in [0.2, 0.25) is 0 Å². The molecule has 8 N–H and O–H groups in total. The van der Waals surface area contributed by atoms with Crippen molar-refractivity contribution in [3.05, 3.63) is 244 Å². The van der Waals surface area contributed by atoms with Crippen molar-refractivity contribution in [2.75, 3.05) is 13.2 Å². The number of aliphatic carboxylic acids is 1. The number of amides is 1. The van der Waals surface area contributed by atoms with Crippen LogP contribution in [0.25, 0.3) is 22.6 Å². The molecule has 7 aromatic carbocycles. The summed E-state index contributed by atoms with van der Waals surface area (Å²) >= 11 is -1.62. The minimum atomic E-state index is -1.62. The molecule has 0 aliphatic heterocycles. The third kappa shape index (κ3) is 41.0. The van der Waals surface area contributed by atoms with E-state index in [0.29, 0.717) is 34.4 Å². The number of carbonyl (C=O) groups is 7. The number of rotatable bonds is 11. The van der Waals surface area contributed by atoms with Gasteiger partial charge >= 0.3 is 22.5 Å². The Bertz CT molecular complexity index is 3210. The van der Waals surface area contributed by atoms with Gasteiger partial charge in [0.05, 0.1) is 24.7 Å². The number of aromatic nitrogens is 3. The van der Waals surface area contributed by atoms with E-state index < -0.39 is 26.6 Å². The Morgan fingerprint density at radius 1 is 0.581 bits per heavy atom. The number of benzene rings is 7. The van der Waals surface area contributed by atoms with Gasteiger partial charge in [-0.15, -0.1) is 5.10 Å². The quantitative estimate of drug-likeness (QED) is 0.0153. The Hall–Kier alpha value is -6.18. The van der Waals surface area contributed by atoms with Crippen LogP contribution in [0, 0.1) is 45.9 Å². The van der Waals surface area contributed by atoms with Gasteiger partial charge in [-0.25, -0.2) is 10.4 Å². The number of hydrogen-bond donors (Lipinski definition) is 5. The fraction of sp³-hybridized carbons (Fsp3) is 0.172. The van der Waals surface area contributed by atoms with Gasteiger partial charge in [0.25, 0.3) is 5.97 Å². The Morgan fingerprint density at radius 3 is 1.30 bits per heavy atom. The monoisotopic (exact) mass is 1460 g/mol. The molecular formula is C64H72N7O11SeY3-3. The Balaban J connectivity index is -0.000000225. The number of nitrogens with zero attached hydrogens (tertiary/aromatic N) is 4. The summed E-state index contributed by atoms with van der Waals surface area (Å²) in [6, 6.07) is 59.3. The zero-order chi connectivity index (χ0) is 59.7. The zero-order valence-electron chi connectivity index (χ0n) is 47.6. The summed E-state index contributed by atoms with van der Waals surface area (Å²) < 4.78 is 16.9. The molecule has 1 amide bonds. The van der Waals surface area contributed by atoms with Crippen LogP contribution >= 0.6 is 0 Å². The summed E-state index contributed by atoms with van der Waals surface area (Å²) in [6.45, 7) is 12.6. The molecule has 0 aliphatic carbocycles. The largest absolute Gasteiger partial charge is 0 e. The standard InChI is InChI=1S/C16H12N3.C16H13N2O2.C9H8O2.C9H10O.C8H8NO.C2H4O2.C2H6O.2CH4.H3N.O2Se.3Y/c1-12-7-9-13(10-8-12)15-11-17-19-16(18-15)14-5-3-2-4-6-14;1-12-7-9-13(10-8-12)15(19)11-17-18-16(20)14-5-3-2-4-6-14;1-7-2-4-8(5-3-7)9(11)6-10;1-7-3-5-9(6-4-7)8(2)10;9-6-8(10)7-4-2-1-3-5-7;1-2(3)4;1-2-3;;;;1-3-2;;;/h3-11H,1H3;3-11H,1H3,(H,18,20);2-6H,1H3;3-6H,1-2H3;2-5H,6,9H2;1H3,(H,3,4);3H,2H2,1H3;2*1H4;1H3;;;;/q2*-1;;;-1;;;;;;;;;/b;17-11+;;;;;;;;;;;;. The predicted octanol–water partition coefficient (Wildman–Crippen LogP) is 10.8. The van der Waals surface area contributed by atoms with Crippen molar-refractivity contribution in [1.82, 2.24) is 26.8 Å². The third-order valence-electron chi connectivity index (χ3n) is 9.67. The van der Waals surface area contributed by atoms with Gasteiger partial charge in [-0.1, -0.05) is 151 Å². The van der Waals surface area contributed by atoms with E-state index in [4.69, 9.17) is 28.4 Å². The normalized spacial score (nSPS) is 8.71. The summed E-state index contributed by atoms with van der Waals surface area (Å²) in [5, 5.41) is 26.8. The molecule has 8 aromatic rings. The number of aryl methyl sites for hydroxylation is 4. The van der Waals surface area contributed by atoms with Crippen molar-refractivity contribution in [3.8, 4) is 22.6 Å². The number of carbonyl (C=O) groups excluding carboxylic acids is 6. The number of hydrazone groups is 1. The average molecular weight is 1460 g/mol. The Kier molecular flexibility index (Phi) is 58.6. The maximum atomic E-state index is 11.8. The molecule has 8 rings (SSSR count). The van der Waals surface area contributed by atoms with E-state index >= 15 is 0 Å². The van der Waals surface area contributed by atoms with Gasteiger partial charge in [0.15, 0.2) is 23.7 Å². The van der Waals surface area contributed by atoms with Gasteiger partial charge < -0.3 is 22.1 Å². The predicted molar refractivity (Wildman–Crippen MR) is 324 cm³/mol. The van der Waals surface area contributed by atoms with Gasteiger partial charge in [0.2, 0.25) is 17.5 Å². The van der Waals surface area contributed by atoms with Crippen LogP contribution in [0.15, 0.2) is 181 Å². The van der Waals surface area contributed by atoms with Crippen LogP contribution in [0.3, 0.4) is 0 Å². The molecule has 0 fully saturated rings. The minimum Gasteiger partial charge on any atom is 0 e. The third-order valence-corrected chi connectivity index (χ3v) is 9.67. The number of carboxylic acid groups (broad SMARTS) is 1. The first-order valence-electron chi connectivity index (χ1n) is 24.0. The summed E-state index contributed by atoms with van der Waals surface area (Å²) in [4.78, 5) is 79.4. The molecule has 0 aliphatic rings. The van der Waals surface area contributed by atoms with Gasteiger partial charge in [0.1, 0.15) is 0 Å². The number of aliphatic hydroxyl groups is 1. The summed E-state index contributed by atoms with van der Waals surface area (Å²) in [7, 11) is 0. The van der Waals surface area contributed by atoms with Crippen molar-refractivity contribution in [3.63, 3.8) is 0 Å². The number of ketones is 4. The van der Waals surface area contributed by atoms with Crippen molar-refractivity contribution in [2.45, 2.75) is 63.3 Å². The average Bonchev–Trinajstić information content (AvgIpc) is 3.59. The molecular weight excluding hydrogens is 1390 g/mol. The smallest absolute Gasteiger partial charge is 0 e. The molecule has 0 saturated heterocycles. The molecule has 0 unspecified atom stereocenters. The Morgan fingerprint density at radius 2 is 0.930 bits per heavy atom. The first-order chi connectivity index (χ1) is 38.3. The molecule has 1 aromatic heterocycles. The van der Waals surface area contributed by atoms with Crippen molar-refractivity contribution >= 4 is 62.3 Å². The molecule has 0 bridgehead atoms. The van der Waals surface area contributed by atoms with Crippen LogP contribution in [0.1, 0.15) is 110 Å². The van der Waals surface area contributed by atoms with Gasteiger partial charge in [-0.3, -0.25) is 33.6 Å². The van der Waals surface area contributed by atoms with Crippen molar-refractivity contribution in [1.29, 1.82) is 0 Å². The van der Waals surface area contributed by atoms with E-state index in [-0.39, 0.29) is 156 Å².